The molecule has 1 aromatic rings. The number of carbonyl (C=O) groups is 1. The lowest BCUT2D eigenvalue weighted by molar-refractivity contribution is -0.121. The summed E-state index contributed by atoms with van der Waals surface area (Å²) in [5.41, 5.74) is 1.61. The van der Waals surface area contributed by atoms with E-state index < -0.39 is 5.54 Å². The molecular formula is C15H24N2O. The zero-order valence-electron chi connectivity index (χ0n) is 11.8. The summed E-state index contributed by atoms with van der Waals surface area (Å²) >= 11 is 0. The molecule has 0 atom stereocenters. The van der Waals surface area contributed by atoms with E-state index in [1.54, 1.807) is 0 Å². The molecule has 0 spiro atoms. The SMILES string of the molecule is CCCc1ccc(NC(=O)C(C)(C)NCC)cc1. The van der Waals surface area contributed by atoms with Crippen LogP contribution in [0.25, 0.3) is 0 Å². The molecule has 100 valence electrons. The van der Waals surface area contributed by atoms with E-state index in [0.717, 1.165) is 25.1 Å². The summed E-state index contributed by atoms with van der Waals surface area (Å²) in [7, 11) is 0. The number of amides is 1. The Morgan fingerprint density at radius 3 is 2.28 bits per heavy atom. The first-order valence-corrected chi connectivity index (χ1v) is 6.65. The summed E-state index contributed by atoms with van der Waals surface area (Å²) < 4.78 is 0. The minimum atomic E-state index is -0.545. The normalized spacial score (nSPS) is 11.3. The Kier molecular flexibility index (Phi) is 5.35. The fraction of sp³-hybridized carbons (Fsp3) is 0.533. The predicted octanol–water partition coefficient (Wildman–Crippen LogP) is 2.97. The van der Waals surface area contributed by atoms with Crippen LogP contribution >= 0.6 is 0 Å². The summed E-state index contributed by atoms with van der Waals surface area (Å²) in [6.07, 6.45) is 2.22. The van der Waals surface area contributed by atoms with Crippen molar-refractivity contribution < 1.29 is 4.79 Å². The highest BCUT2D eigenvalue weighted by molar-refractivity contribution is 5.97. The van der Waals surface area contributed by atoms with Gasteiger partial charge in [-0.15, -0.1) is 0 Å². The Balaban J connectivity index is 2.64. The third-order valence-electron chi connectivity index (χ3n) is 2.94. The van der Waals surface area contributed by atoms with Crippen LogP contribution in [0.4, 0.5) is 5.69 Å². The molecule has 0 saturated carbocycles. The number of hydrogen-bond donors (Lipinski definition) is 2. The topological polar surface area (TPSA) is 41.1 Å². The maximum Gasteiger partial charge on any atom is 0.244 e. The van der Waals surface area contributed by atoms with Gasteiger partial charge >= 0.3 is 0 Å². The van der Waals surface area contributed by atoms with Gasteiger partial charge in [-0.05, 0) is 44.5 Å². The molecule has 0 aromatic heterocycles. The Labute approximate surface area is 110 Å². The fourth-order valence-corrected chi connectivity index (χ4v) is 1.85. The quantitative estimate of drug-likeness (QED) is 0.812. The molecule has 0 aliphatic carbocycles. The average molecular weight is 248 g/mol. The number of carbonyl (C=O) groups excluding carboxylic acids is 1. The molecule has 3 nitrogen and oxygen atoms in total. The molecule has 2 N–H and O–H groups in total. The van der Waals surface area contributed by atoms with E-state index in [2.05, 4.69) is 29.7 Å². The second-order valence-corrected chi connectivity index (χ2v) is 5.06. The Morgan fingerprint density at radius 2 is 1.78 bits per heavy atom. The van der Waals surface area contributed by atoms with Crippen molar-refractivity contribution in [2.75, 3.05) is 11.9 Å². The van der Waals surface area contributed by atoms with Gasteiger partial charge < -0.3 is 10.6 Å². The van der Waals surface area contributed by atoms with Gasteiger partial charge in [0.25, 0.3) is 0 Å². The molecule has 0 bridgehead atoms. The molecule has 18 heavy (non-hydrogen) atoms. The molecule has 0 unspecified atom stereocenters. The Bertz CT molecular complexity index is 382. The van der Waals surface area contributed by atoms with Crippen molar-refractivity contribution in [2.45, 2.75) is 46.1 Å². The molecule has 0 radical (unpaired) electrons. The van der Waals surface area contributed by atoms with E-state index in [-0.39, 0.29) is 5.91 Å². The zero-order valence-corrected chi connectivity index (χ0v) is 11.8. The molecule has 0 heterocycles. The van der Waals surface area contributed by atoms with Crippen LogP contribution in [-0.4, -0.2) is 18.0 Å². The van der Waals surface area contributed by atoms with Crippen molar-refractivity contribution in [3.63, 3.8) is 0 Å². The Hall–Kier alpha value is -1.35. The van der Waals surface area contributed by atoms with Crippen LogP contribution in [0.5, 0.6) is 0 Å². The average Bonchev–Trinajstić information content (AvgIpc) is 2.32. The van der Waals surface area contributed by atoms with Crippen LogP contribution in [0.15, 0.2) is 24.3 Å². The fourth-order valence-electron chi connectivity index (χ4n) is 1.85. The maximum absolute atomic E-state index is 12.1. The highest BCUT2D eigenvalue weighted by atomic mass is 16.2. The number of likely N-dealkylation sites (N-methyl/N-ethyl adjacent to an activating group) is 1. The number of hydrogen-bond acceptors (Lipinski definition) is 2. The van der Waals surface area contributed by atoms with Crippen molar-refractivity contribution >= 4 is 11.6 Å². The van der Waals surface area contributed by atoms with E-state index in [1.807, 2.05) is 32.9 Å². The molecule has 1 amide bonds. The summed E-state index contributed by atoms with van der Waals surface area (Å²) in [6, 6.07) is 8.06. The second kappa shape index (κ2) is 6.55. The minimum Gasteiger partial charge on any atom is -0.325 e. The number of benzene rings is 1. The predicted molar refractivity (Wildman–Crippen MR) is 76.8 cm³/mol. The first-order chi connectivity index (χ1) is 8.49. The highest BCUT2D eigenvalue weighted by Crippen LogP contribution is 2.13. The van der Waals surface area contributed by atoms with Gasteiger partial charge in [-0.25, -0.2) is 0 Å². The third kappa shape index (κ3) is 4.15. The van der Waals surface area contributed by atoms with Gasteiger partial charge in [-0.2, -0.15) is 0 Å². The third-order valence-corrected chi connectivity index (χ3v) is 2.94. The van der Waals surface area contributed by atoms with Gasteiger partial charge in [-0.3, -0.25) is 4.79 Å². The van der Waals surface area contributed by atoms with Crippen LogP contribution in [0.3, 0.4) is 0 Å². The molecule has 1 rings (SSSR count). The summed E-state index contributed by atoms with van der Waals surface area (Å²) in [5, 5.41) is 6.10. The molecule has 3 heteroatoms. The van der Waals surface area contributed by atoms with E-state index in [4.69, 9.17) is 0 Å². The molecular weight excluding hydrogens is 224 g/mol. The minimum absolute atomic E-state index is 0.00686. The van der Waals surface area contributed by atoms with E-state index in [1.165, 1.54) is 5.56 Å². The van der Waals surface area contributed by atoms with E-state index in [0.29, 0.717) is 0 Å². The largest absolute Gasteiger partial charge is 0.325 e. The lowest BCUT2D eigenvalue weighted by Gasteiger charge is -2.24. The van der Waals surface area contributed by atoms with Gasteiger partial charge in [0, 0.05) is 5.69 Å². The monoisotopic (exact) mass is 248 g/mol. The van der Waals surface area contributed by atoms with Crippen LogP contribution in [0.2, 0.25) is 0 Å². The van der Waals surface area contributed by atoms with Crippen LogP contribution in [-0.2, 0) is 11.2 Å². The zero-order chi connectivity index (χ0) is 13.6. The molecule has 0 fully saturated rings. The van der Waals surface area contributed by atoms with Gasteiger partial charge in [0.05, 0.1) is 5.54 Å². The summed E-state index contributed by atoms with van der Waals surface area (Å²) in [4.78, 5) is 12.1. The number of nitrogens with one attached hydrogen (secondary N) is 2. The van der Waals surface area contributed by atoms with Crippen LogP contribution in [0.1, 0.15) is 39.7 Å². The lowest BCUT2D eigenvalue weighted by atomic mass is 10.0. The number of rotatable bonds is 6. The first-order valence-electron chi connectivity index (χ1n) is 6.65. The number of anilines is 1. The maximum atomic E-state index is 12.1. The highest BCUT2D eigenvalue weighted by Gasteiger charge is 2.25. The summed E-state index contributed by atoms with van der Waals surface area (Å²) in [5.74, 6) is -0.00686. The molecule has 0 saturated heterocycles. The van der Waals surface area contributed by atoms with Gasteiger partial charge in [0.15, 0.2) is 0 Å². The van der Waals surface area contributed by atoms with Crippen molar-refractivity contribution in [1.29, 1.82) is 0 Å². The smallest absolute Gasteiger partial charge is 0.244 e. The van der Waals surface area contributed by atoms with Crippen LogP contribution < -0.4 is 10.6 Å². The molecule has 1 aromatic carbocycles. The van der Waals surface area contributed by atoms with Gasteiger partial charge in [0.1, 0.15) is 0 Å². The Morgan fingerprint density at radius 1 is 1.17 bits per heavy atom. The van der Waals surface area contributed by atoms with Crippen LogP contribution in [0, 0.1) is 0 Å². The van der Waals surface area contributed by atoms with E-state index in [9.17, 15) is 4.79 Å². The van der Waals surface area contributed by atoms with Crippen molar-refractivity contribution in [2.24, 2.45) is 0 Å². The summed E-state index contributed by atoms with van der Waals surface area (Å²) in [6.45, 7) is 8.70. The lowest BCUT2D eigenvalue weighted by Crippen LogP contribution is -2.49. The van der Waals surface area contributed by atoms with Crippen molar-refractivity contribution in [1.82, 2.24) is 5.32 Å². The standard InChI is InChI=1S/C15H24N2O/c1-5-7-12-8-10-13(11-9-12)17-14(18)15(3,4)16-6-2/h8-11,16H,5-7H2,1-4H3,(H,17,18). The van der Waals surface area contributed by atoms with Gasteiger partial charge in [-0.1, -0.05) is 32.4 Å². The van der Waals surface area contributed by atoms with Gasteiger partial charge in [0.2, 0.25) is 5.91 Å². The molecule has 0 aliphatic rings. The van der Waals surface area contributed by atoms with Crippen molar-refractivity contribution in [3.05, 3.63) is 29.8 Å². The second-order valence-electron chi connectivity index (χ2n) is 5.06. The first kappa shape index (κ1) is 14.7. The van der Waals surface area contributed by atoms with Crippen molar-refractivity contribution in [3.8, 4) is 0 Å². The molecule has 0 aliphatic heterocycles. The van der Waals surface area contributed by atoms with E-state index >= 15 is 0 Å². The number of aryl methyl sites for hydroxylation is 1.